The van der Waals surface area contributed by atoms with Gasteiger partial charge in [0.1, 0.15) is 12.6 Å². The standard InChI is InChI=1S/C18H18F2N4O4S/c1-9-14(16(26)27-3)15(11-4-5-12(19)13(20)8-11)24-17(21-9)22-18(23-24)29-7-6-28-10(2)25/h4-5,8,15H,6-7H2,1-3H3,(H,21,22,23). The van der Waals surface area contributed by atoms with Crippen LogP contribution in [0.25, 0.3) is 0 Å². The highest BCUT2D eigenvalue weighted by atomic mass is 32.2. The molecule has 29 heavy (non-hydrogen) atoms. The van der Waals surface area contributed by atoms with Gasteiger partial charge in [0, 0.05) is 18.4 Å². The van der Waals surface area contributed by atoms with Gasteiger partial charge in [-0.2, -0.15) is 4.98 Å². The van der Waals surface area contributed by atoms with Crippen LogP contribution in [0.3, 0.4) is 0 Å². The molecule has 1 aliphatic rings. The first kappa shape index (κ1) is 20.8. The summed E-state index contributed by atoms with van der Waals surface area (Å²) in [6.07, 6.45) is 0. The molecule has 154 valence electrons. The average molecular weight is 424 g/mol. The number of nitrogens with one attached hydrogen (secondary N) is 1. The Kier molecular flexibility index (Phi) is 6.16. The summed E-state index contributed by atoms with van der Waals surface area (Å²) in [5, 5.41) is 7.73. The largest absolute Gasteiger partial charge is 0.466 e. The van der Waals surface area contributed by atoms with Gasteiger partial charge in [0.15, 0.2) is 11.6 Å². The molecule has 0 bridgehead atoms. The van der Waals surface area contributed by atoms with Crippen LogP contribution in [0, 0.1) is 11.6 Å². The number of esters is 2. The third-order valence-electron chi connectivity index (χ3n) is 4.12. The zero-order valence-electron chi connectivity index (χ0n) is 15.9. The summed E-state index contributed by atoms with van der Waals surface area (Å²) in [5.41, 5.74) is 0.975. The first-order valence-electron chi connectivity index (χ1n) is 8.55. The Bertz CT molecular complexity index is 992. The Labute approximate surface area is 169 Å². The fourth-order valence-electron chi connectivity index (χ4n) is 2.88. The summed E-state index contributed by atoms with van der Waals surface area (Å²) in [6.45, 7) is 3.16. The monoisotopic (exact) mass is 424 g/mol. The van der Waals surface area contributed by atoms with E-state index in [0.717, 1.165) is 12.1 Å². The van der Waals surface area contributed by atoms with Crippen LogP contribution in [0.15, 0.2) is 34.6 Å². The van der Waals surface area contributed by atoms with Gasteiger partial charge in [-0.3, -0.25) is 4.79 Å². The van der Waals surface area contributed by atoms with E-state index in [9.17, 15) is 18.4 Å². The van der Waals surface area contributed by atoms with Crippen molar-refractivity contribution in [1.82, 2.24) is 14.8 Å². The second-order valence-corrected chi connectivity index (χ2v) is 7.14. The van der Waals surface area contributed by atoms with Gasteiger partial charge in [0.05, 0.1) is 12.7 Å². The minimum Gasteiger partial charge on any atom is -0.466 e. The first-order valence-corrected chi connectivity index (χ1v) is 9.54. The number of carbonyl (C=O) groups excluding carboxylic acids is 2. The number of aromatic nitrogens is 3. The Morgan fingerprint density at radius 1 is 1.31 bits per heavy atom. The number of nitrogens with zero attached hydrogens (tertiary/aromatic N) is 3. The van der Waals surface area contributed by atoms with Crippen LogP contribution in [0.4, 0.5) is 14.7 Å². The predicted molar refractivity (Wildman–Crippen MR) is 100 cm³/mol. The second-order valence-electron chi connectivity index (χ2n) is 6.08. The Morgan fingerprint density at radius 2 is 2.07 bits per heavy atom. The maximum Gasteiger partial charge on any atom is 0.338 e. The Balaban J connectivity index is 1.97. The summed E-state index contributed by atoms with van der Waals surface area (Å²) >= 11 is 1.25. The fraction of sp³-hybridized carbons (Fsp3) is 0.333. The lowest BCUT2D eigenvalue weighted by atomic mass is 9.95. The van der Waals surface area contributed by atoms with Crippen molar-refractivity contribution < 1.29 is 27.8 Å². The van der Waals surface area contributed by atoms with Gasteiger partial charge in [0.2, 0.25) is 11.1 Å². The molecule has 1 atom stereocenters. The summed E-state index contributed by atoms with van der Waals surface area (Å²) in [6, 6.07) is 2.52. The number of thioether (sulfide) groups is 1. The highest BCUT2D eigenvalue weighted by Gasteiger charge is 2.35. The molecule has 0 spiro atoms. The third-order valence-corrected chi connectivity index (χ3v) is 4.92. The predicted octanol–water partition coefficient (Wildman–Crippen LogP) is 2.67. The molecule has 0 radical (unpaired) electrons. The minimum absolute atomic E-state index is 0.189. The van der Waals surface area contributed by atoms with Gasteiger partial charge < -0.3 is 14.8 Å². The van der Waals surface area contributed by atoms with Crippen molar-refractivity contribution in [3.8, 4) is 0 Å². The third kappa shape index (κ3) is 4.39. The summed E-state index contributed by atoms with van der Waals surface area (Å²) < 4.78 is 38.5. The van der Waals surface area contributed by atoms with Crippen LogP contribution < -0.4 is 5.32 Å². The minimum atomic E-state index is -1.04. The lowest BCUT2D eigenvalue weighted by molar-refractivity contribution is -0.140. The topological polar surface area (TPSA) is 95.3 Å². The average Bonchev–Trinajstić information content (AvgIpc) is 3.08. The van der Waals surface area contributed by atoms with E-state index >= 15 is 0 Å². The van der Waals surface area contributed by atoms with E-state index < -0.39 is 23.6 Å². The summed E-state index contributed by atoms with van der Waals surface area (Å²) in [5.74, 6) is -2.29. The maximum absolute atomic E-state index is 13.9. The van der Waals surface area contributed by atoms with E-state index in [-0.39, 0.29) is 18.1 Å². The quantitative estimate of drug-likeness (QED) is 0.430. The van der Waals surface area contributed by atoms with Crippen LogP contribution in [-0.2, 0) is 19.1 Å². The number of rotatable bonds is 6. The van der Waals surface area contributed by atoms with E-state index in [1.54, 1.807) is 6.92 Å². The summed E-state index contributed by atoms with van der Waals surface area (Å²) in [7, 11) is 1.23. The van der Waals surface area contributed by atoms with Crippen molar-refractivity contribution in [2.75, 3.05) is 24.8 Å². The number of allylic oxidation sites excluding steroid dienone is 1. The van der Waals surface area contributed by atoms with Crippen molar-refractivity contribution in [3.05, 3.63) is 46.7 Å². The number of anilines is 1. The zero-order chi connectivity index (χ0) is 21.1. The number of hydrogen-bond donors (Lipinski definition) is 1. The molecule has 0 saturated heterocycles. The number of ether oxygens (including phenoxy) is 2. The van der Waals surface area contributed by atoms with Gasteiger partial charge in [-0.15, -0.1) is 5.10 Å². The van der Waals surface area contributed by atoms with Crippen molar-refractivity contribution in [1.29, 1.82) is 0 Å². The SMILES string of the molecule is COC(=O)C1=C(C)Nc2nc(SCCOC(C)=O)nn2C1c1ccc(F)c(F)c1. The molecule has 1 aliphatic heterocycles. The molecule has 11 heteroatoms. The second kappa shape index (κ2) is 8.60. The number of fused-ring (bicyclic) bond motifs is 1. The van der Waals surface area contributed by atoms with Crippen molar-refractivity contribution in [3.63, 3.8) is 0 Å². The molecule has 8 nitrogen and oxygen atoms in total. The van der Waals surface area contributed by atoms with Gasteiger partial charge in [-0.25, -0.2) is 18.3 Å². The van der Waals surface area contributed by atoms with Crippen LogP contribution in [0.1, 0.15) is 25.5 Å². The molecule has 0 saturated carbocycles. The fourth-order valence-corrected chi connectivity index (χ4v) is 3.52. The van der Waals surface area contributed by atoms with E-state index in [1.165, 1.54) is 36.5 Å². The van der Waals surface area contributed by atoms with Crippen molar-refractivity contribution in [2.45, 2.75) is 25.0 Å². The molecule has 0 amide bonds. The molecule has 1 aromatic heterocycles. The highest BCUT2D eigenvalue weighted by molar-refractivity contribution is 7.99. The van der Waals surface area contributed by atoms with E-state index in [2.05, 4.69) is 15.4 Å². The molecule has 1 unspecified atom stereocenters. The molecule has 0 aliphatic carbocycles. The summed E-state index contributed by atoms with van der Waals surface area (Å²) in [4.78, 5) is 27.6. The molecule has 3 rings (SSSR count). The Hall–Kier alpha value is -2.95. The number of benzene rings is 1. The number of carbonyl (C=O) groups is 2. The van der Waals surface area contributed by atoms with E-state index in [1.807, 2.05) is 0 Å². The van der Waals surface area contributed by atoms with Gasteiger partial charge in [-0.05, 0) is 24.6 Å². The molecular weight excluding hydrogens is 406 g/mol. The molecule has 0 fully saturated rings. The van der Waals surface area contributed by atoms with Gasteiger partial charge in [-0.1, -0.05) is 17.8 Å². The molecule has 2 aromatic rings. The number of methoxy groups -OCH3 is 1. The van der Waals surface area contributed by atoms with Crippen LogP contribution in [-0.4, -0.2) is 46.2 Å². The van der Waals surface area contributed by atoms with E-state index in [0.29, 0.717) is 28.1 Å². The van der Waals surface area contributed by atoms with Crippen LogP contribution >= 0.6 is 11.8 Å². The van der Waals surface area contributed by atoms with Gasteiger partial charge >= 0.3 is 11.9 Å². The first-order chi connectivity index (χ1) is 13.8. The molecule has 1 N–H and O–H groups in total. The maximum atomic E-state index is 13.9. The molecular formula is C18H18F2N4O4S. The van der Waals surface area contributed by atoms with Crippen molar-refractivity contribution >= 4 is 29.6 Å². The molecule has 2 heterocycles. The normalized spacial score (nSPS) is 15.6. The highest BCUT2D eigenvalue weighted by Crippen LogP contribution is 2.37. The lowest BCUT2D eigenvalue weighted by Crippen LogP contribution is -2.29. The molecule has 1 aromatic carbocycles. The van der Waals surface area contributed by atoms with Crippen LogP contribution in [0.2, 0.25) is 0 Å². The Morgan fingerprint density at radius 3 is 2.72 bits per heavy atom. The smallest absolute Gasteiger partial charge is 0.338 e. The van der Waals surface area contributed by atoms with Crippen LogP contribution in [0.5, 0.6) is 0 Å². The van der Waals surface area contributed by atoms with E-state index in [4.69, 9.17) is 9.47 Å². The number of halogens is 2. The van der Waals surface area contributed by atoms with Gasteiger partial charge in [0.25, 0.3) is 0 Å². The number of hydrogen-bond acceptors (Lipinski definition) is 8. The lowest BCUT2D eigenvalue weighted by Gasteiger charge is -2.27. The van der Waals surface area contributed by atoms with Crippen molar-refractivity contribution in [2.24, 2.45) is 0 Å². The zero-order valence-corrected chi connectivity index (χ0v) is 16.7.